The molecule has 0 saturated carbocycles. The summed E-state index contributed by atoms with van der Waals surface area (Å²) in [6.07, 6.45) is 0. The van der Waals surface area contributed by atoms with Crippen LogP contribution in [-0.2, 0) is 20.8 Å². The molecule has 0 aliphatic carbocycles. The van der Waals surface area contributed by atoms with Crippen molar-refractivity contribution >= 4 is 48.1 Å². The van der Waals surface area contributed by atoms with E-state index in [0.29, 0.717) is 11.8 Å². The first-order valence-corrected chi connectivity index (χ1v) is 26.9. The molecule has 0 aliphatic heterocycles. The molecule has 2 radical (unpaired) electrons. The summed E-state index contributed by atoms with van der Waals surface area (Å²) in [5.74, 6) is 1.03. The van der Waals surface area contributed by atoms with Gasteiger partial charge in [0.25, 0.3) is 0 Å². The van der Waals surface area contributed by atoms with Crippen LogP contribution in [0.2, 0.25) is 13.1 Å². The summed E-state index contributed by atoms with van der Waals surface area (Å²) in [4.78, 5) is 0. The van der Waals surface area contributed by atoms with E-state index in [4.69, 9.17) is 17.0 Å². The van der Waals surface area contributed by atoms with E-state index in [1.165, 1.54) is 77.2 Å². The summed E-state index contributed by atoms with van der Waals surface area (Å²) < 4.78 is 0. The first-order valence-electron chi connectivity index (χ1n) is 18.5. The first kappa shape index (κ1) is 41.4. The molecular formula is C50H48Cl2SiZr. The molecule has 0 nitrogen and oxygen atoms in total. The van der Waals surface area contributed by atoms with Crippen LogP contribution < -0.4 is 0 Å². The van der Waals surface area contributed by atoms with E-state index < -0.39 is 20.8 Å². The first-order chi connectivity index (χ1) is 26.3. The molecule has 4 heteroatoms. The molecule has 0 heterocycles. The van der Waals surface area contributed by atoms with Crippen molar-refractivity contribution in [3.8, 4) is 44.5 Å². The Morgan fingerprint density at radius 1 is 0.444 bits per heavy atom. The van der Waals surface area contributed by atoms with E-state index in [1.54, 1.807) is 0 Å². The fourth-order valence-electron chi connectivity index (χ4n) is 7.03. The monoisotopic (exact) mass is 836 g/mol. The second-order valence-corrected chi connectivity index (χ2v) is 18.6. The van der Waals surface area contributed by atoms with Crippen LogP contribution in [0.25, 0.3) is 66.1 Å². The third-order valence-electron chi connectivity index (χ3n) is 9.46. The van der Waals surface area contributed by atoms with Crippen molar-refractivity contribution in [3.05, 3.63) is 181 Å². The van der Waals surface area contributed by atoms with Crippen molar-refractivity contribution in [3.63, 3.8) is 0 Å². The van der Waals surface area contributed by atoms with Crippen molar-refractivity contribution in [1.29, 1.82) is 0 Å². The molecule has 0 atom stereocenters. The Kier molecular flexibility index (Phi) is 15.9. The molecule has 0 amide bonds. The van der Waals surface area contributed by atoms with Gasteiger partial charge in [0.1, 0.15) is 0 Å². The van der Waals surface area contributed by atoms with Gasteiger partial charge in [-0.05, 0) is 34.1 Å². The summed E-state index contributed by atoms with van der Waals surface area (Å²) in [7, 11) is 11.0. The molecule has 0 saturated heterocycles. The fraction of sp³-hybridized carbons (Fsp3) is 0.160. The zero-order valence-corrected chi connectivity index (χ0v) is 37.0. The van der Waals surface area contributed by atoms with E-state index in [9.17, 15) is 0 Å². The molecule has 0 fully saturated rings. The van der Waals surface area contributed by atoms with E-state index in [1.807, 2.05) is 0 Å². The van der Waals surface area contributed by atoms with Gasteiger partial charge in [0.05, 0.1) is 0 Å². The standard InChI is InChI=1S/2C24H21.C2H6Si.2ClH.Zr/c2*1-17(2)21-12-6-7-13-22(21)23-14-8-11-19-15-20(16-24(19)23)18-9-4-3-5-10-18;1-3-2;;;/h2*3-17H,1-2H3;1-2H3;2*1H;/q2*-1;;;;+4/p-2. The van der Waals surface area contributed by atoms with Gasteiger partial charge in [0.2, 0.25) is 0 Å². The number of benzene rings is 6. The van der Waals surface area contributed by atoms with Crippen LogP contribution in [0.1, 0.15) is 50.7 Å². The molecule has 54 heavy (non-hydrogen) atoms. The Hall–Kier alpha value is -3.78. The van der Waals surface area contributed by atoms with Crippen LogP contribution in [0, 0.1) is 0 Å². The van der Waals surface area contributed by atoms with Crippen molar-refractivity contribution in [2.75, 3.05) is 0 Å². The van der Waals surface area contributed by atoms with Gasteiger partial charge in [-0.25, -0.2) is 0 Å². The minimum absolute atomic E-state index is 0.514. The molecule has 8 aromatic rings. The fourth-order valence-corrected chi connectivity index (χ4v) is 7.03. The van der Waals surface area contributed by atoms with Gasteiger partial charge in [-0.3, -0.25) is 0 Å². The average Bonchev–Trinajstić information content (AvgIpc) is 3.85. The summed E-state index contributed by atoms with van der Waals surface area (Å²) in [5, 5.41) is 5.30. The van der Waals surface area contributed by atoms with Gasteiger partial charge in [0, 0.05) is 9.52 Å². The number of rotatable bonds is 6. The predicted molar refractivity (Wildman–Crippen MR) is 238 cm³/mol. The number of fused-ring (bicyclic) bond motifs is 2. The molecule has 0 N–H and O–H groups in total. The topological polar surface area (TPSA) is 0 Å². The van der Waals surface area contributed by atoms with Crippen LogP contribution in [0.5, 0.6) is 0 Å². The Morgan fingerprint density at radius 2 is 0.759 bits per heavy atom. The molecule has 270 valence electrons. The molecule has 0 aromatic heterocycles. The molecule has 8 rings (SSSR count). The van der Waals surface area contributed by atoms with Gasteiger partial charge in [0.15, 0.2) is 0 Å². The van der Waals surface area contributed by atoms with Crippen molar-refractivity contribution in [1.82, 2.24) is 0 Å². The van der Waals surface area contributed by atoms with Gasteiger partial charge < -0.3 is 0 Å². The van der Waals surface area contributed by atoms with Crippen molar-refractivity contribution < 1.29 is 20.8 Å². The summed E-state index contributed by atoms with van der Waals surface area (Å²) in [6.45, 7) is 13.4. The van der Waals surface area contributed by atoms with Gasteiger partial charge in [-0.2, -0.15) is 0 Å². The Morgan fingerprint density at radius 3 is 1.11 bits per heavy atom. The van der Waals surface area contributed by atoms with Crippen LogP contribution >= 0.6 is 17.0 Å². The normalized spacial score (nSPS) is 10.6. The molecule has 0 unspecified atom stereocenters. The van der Waals surface area contributed by atoms with E-state index in [0.717, 1.165) is 9.52 Å². The van der Waals surface area contributed by atoms with E-state index >= 15 is 0 Å². The predicted octanol–water partition coefficient (Wildman–Crippen LogP) is 16.2. The Labute approximate surface area is 344 Å². The molecule has 8 aromatic carbocycles. The van der Waals surface area contributed by atoms with Gasteiger partial charge in [-0.15, -0.1) is 69.1 Å². The summed E-state index contributed by atoms with van der Waals surface area (Å²) >= 11 is -0.826. The molecule has 0 spiro atoms. The SMILES string of the molecule is CC(C)c1ccccc1-c1cccc2[cH-]c(-c3ccccc3)cc12.CC(C)c1ccccc1-c1cccc2[cH-]c(-c3ccccc3)cc12.C[Si]C.[Cl][Zr+2][Cl]. The molecule has 0 bridgehead atoms. The minimum atomic E-state index is -0.826. The maximum absolute atomic E-state index is 4.93. The number of halogens is 2. The maximum atomic E-state index is 4.93. The third-order valence-corrected chi connectivity index (χ3v) is 9.46. The van der Waals surface area contributed by atoms with E-state index in [2.05, 4.69) is 211 Å². The number of hydrogen-bond acceptors (Lipinski definition) is 0. The van der Waals surface area contributed by atoms with Crippen LogP contribution in [0.4, 0.5) is 0 Å². The van der Waals surface area contributed by atoms with Gasteiger partial charge >= 0.3 is 37.9 Å². The Balaban J connectivity index is 0.000000182. The van der Waals surface area contributed by atoms with Crippen LogP contribution in [0.15, 0.2) is 170 Å². The summed E-state index contributed by atoms with van der Waals surface area (Å²) in [5.41, 5.74) is 13.3. The Bertz CT molecular complexity index is 2170. The third kappa shape index (κ3) is 10.3. The molecule has 0 aliphatic rings. The van der Waals surface area contributed by atoms with E-state index in [-0.39, 0.29) is 0 Å². The summed E-state index contributed by atoms with van der Waals surface area (Å²) in [6, 6.07) is 61.3. The van der Waals surface area contributed by atoms with Gasteiger partial charge in [-0.1, -0.05) is 197 Å². The zero-order chi connectivity index (χ0) is 38.5. The quantitative estimate of drug-likeness (QED) is 0.116. The second-order valence-electron chi connectivity index (χ2n) is 13.9. The van der Waals surface area contributed by atoms with Crippen LogP contribution in [-0.4, -0.2) is 9.52 Å². The number of hydrogen-bond donors (Lipinski definition) is 0. The average molecular weight is 839 g/mol. The zero-order valence-electron chi connectivity index (χ0n) is 32.1. The van der Waals surface area contributed by atoms with Crippen LogP contribution in [0.3, 0.4) is 0 Å². The molecular weight excluding hydrogens is 791 g/mol. The van der Waals surface area contributed by atoms with Crippen molar-refractivity contribution in [2.24, 2.45) is 0 Å². The second kappa shape index (κ2) is 20.8. The van der Waals surface area contributed by atoms with Crippen molar-refractivity contribution in [2.45, 2.75) is 52.6 Å².